The van der Waals surface area contributed by atoms with Gasteiger partial charge < -0.3 is 10.6 Å². The van der Waals surface area contributed by atoms with E-state index >= 15 is 0 Å². The summed E-state index contributed by atoms with van der Waals surface area (Å²) in [7, 11) is -2.75. The van der Waals surface area contributed by atoms with Crippen LogP contribution in [0, 0.1) is 0 Å². The maximum atomic E-state index is 13.2. The molecule has 4 rings (SSSR count). The highest BCUT2D eigenvalue weighted by Gasteiger charge is 2.35. The lowest BCUT2D eigenvalue weighted by Crippen LogP contribution is -2.39. The van der Waals surface area contributed by atoms with Crippen LogP contribution < -0.4 is 21.9 Å². The van der Waals surface area contributed by atoms with Gasteiger partial charge in [0, 0.05) is 30.3 Å². The third-order valence-corrected chi connectivity index (χ3v) is 7.63. The Bertz CT molecular complexity index is 1570. The molecule has 3 N–H and O–H groups in total. The number of nitrogens with zero attached hydrogens (tertiary/aromatic N) is 2. The number of nitrogens with one attached hydrogen (secondary N) is 1. The highest BCUT2D eigenvalue weighted by molar-refractivity contribution is 7.91. The molecule has 0 bridgehead atoms. The first-order chi connectivity index (χ1) is 16.1. The minimum Gasteiger partial charge on any atom is -0.383 e. The summed E-state index contributed by atoms with van der Waals surface area (Å²) in [5, 5.41) is 0. The molecule has 1 aliphatic rings. The third-order valence-electron chi connectivity index (χ3n) is 5.77. The molecule has 0 unspecified atom stereocenters. The van der Waals surface area contributed by atoms with E-state index in [2.05, 4.69) is 4.98 Å². The number of amides is 1. The summed E-state index contributed by atoms with van der Waals surface area (Å²) in [4.78, 5) is 53.4. The van der Waals surface area contributed by atoms with E-state index in [9.17, 15) is 27.6 Å². The standard InChI is InChI=1S/C23H22N4O6S/c1-3-4-11-27-20(24)18(21(29)25-23(27)31)26(2)22(30)13-9-10-15-17(12-13)34(32,33)16-8-6-5-7-14(16)19(15)28/h5-10,12H,3-4,11,24H2,1-2H3,(H,25,29,31). The van der Waals surface area contributed by atoms with E-state index in [1.165, 1.54) is 41.9 Å². The highest BCUT2D eigenvalue weighted by atomic mass is 32.2. The molecule has 176 valence electrons. The first-order valence-corrected chi connectivity index (χ1v) is 12.0. The molecule has 0 aliphatic carbocycles. The molecule has 0 radical (unpaired) electrons. The van der Waals surface area contributed by atoms with Crippen molar-refractivity contribution in [2.24, 2.45) is 0 Å². The Morgan fingerprint density at radius 3 is 2.44 bits per heavy atom. The second-order valence-electron chi connectivity index (χ2n) is 7.90. The molecular weight excluding hydrogens is 460 g/mol. The van der Waals surface area contributed by atoms with Crippen molar-refractivity contribution in [3.05, 3.63) is 80.0 Å². The summed E-state index contributed by atoms with van der Waals surface area (Å²) in [6, 6.07) is 9.58. The van der Waals surface area contributed by atoms with E-state index in [-0.39, 0.29) is 44.5 Å². The van der Waals surface area contributed by atoms with Gasteiger partial charge in [-0.2, -0.15) is 0 Å². The van der Waals surface area contributed by atoms with Crippen LogP contribution >= 0.6 is 0 Å². The third kappa shape index (κ3) is 3.54. The number of hydrogen-bond donors (Lipinski definition) is 2. The van der Waals surface area contributed by atoms with Gasteiger partial charge in [-0.25, -0.2) is 13.2 Å². The van der Waals surface area contributed by atoms with Crippen molar-refractivity contribution in [1.82, 2.24) is 9.55 Å². The van der Waals surface area contributed by atoms with Gasteiger partial charge in [0.1, 0.15) is 5.82 Å². The van der Waals surface area contributed by atoms with Gasteiger partial charge in [-0.3, -0.25) is 23.9 Å². The second-order valence-corrected chi connectivity index (χ2v) is 9.79. The minimum absolute atomic E-state index is 0.0385. The molecule has 0 spiro atoms. The monoisotopic (exact) mass is 482 g/mol. The number of nitrogen functional groups attached to an aromatic ring is 1. The Labute approximate surface area is 194 Å². The predicted octanol–water partition coefficient (Wildman–Crippen LogP) is 1.57. The molecule has 3 aromatic rings. The van der Waals surface area contributed by atoms with Gasteiger partial charge in [-0.1, -0.05) is 25.5 Å². The van der Waals surface area contributed by atoms with Crippen LogP contribution in [0.3, 0.4) is 0 Å². The Kier molecular flexibility index (Phi) is 5.74. The number of carbonyl (C=O) groups excluding carboxylic acids is 2. The van der Waals surface area contributed by atoms with E-state index < -0.39 is 32.8 Å². The van der Waals surface area contributed by atoms with Gasteiger partial charge in [0.2, 0.25) is 9.84 Å². The number of aromatic amines is 1. The number of H-pyrrole nitrogens is 1. The van der Waals surface area contributed by atoms with Crippen LogP contribution in [0.25, 0.3) is 0 Å². The van der Waals surface area contributed by atoms with Crippen molar-refractivity contribution in [3.63, 3.8) is 0 Å². The Morgan fingerprint density at radius 2 is 1.74 bits per heavy atom. The summed E-state index contributed by atoms with van der Waals surface area (Å²) in [5.41, 5.74) is 4.28. The first kappa shape index (κ1) is 23.2. The summed E-state index contributed by atoms with van der Waals surface area (Å²) in [5.74, 6) is -1.37. The molecule has 2 aromatic carbocycles. The van der Waals surface area contributed by atoms with E-state index in [0.717, 1.165) is 17.4 Å². The van der Waals surface area contributed by atoms with Crippen molar-refractivity contribution in [2.45, 2.75) is 36.1 Å². The SMILES string of the molecule is CCCCn1c(N)c(N(C)C(=O)c2ccc3c(c2)S(=O)(=O)c2ccccc2C3=O)c(=O)[nH]c1=O. The molecule has 0 fully saturated rings. The van der Waals surface area contributed by atoms with Crippen LogP contribution in [0.4, 0.5) is 11.5 Å². The summed E-state index contributed by atoms with van der Waals surface area (Å²) in [6.45, 7) is 2.18. The van der Waals surface area contributed by atoms with E-state index in [0.29, 0.717) is 6.42 Å². The van der Waals surface area contributed by atoms with Gasteiger partial charge in [0.15, 0.2) is 11.5 Å². The molecule has 1 amide bonds. The molecule has 10 nitrogen and oxygen atoms in total. The molecule has 1 aliphatic heterocycles. The molecule has 34 heavy (non-hydrogen) atoms. The predicted molar refractivity (Wildman–Crippen MR) is 125 cm³/mol. The smallest absolute Gasteiger partial charge is 0.330 e. The average Bonchev–Trinajstić information content (AvgIpc) is 2.81. The van der Waals surface area contributed by atoms with E-state index in [4.69, 9.17) is 5.73 Å². The zero-order chi connectivity index (χ0) is 24.8. The zero-order valence-electron chi connectivity index (χ0n) is 18.5. The minimum atomic E-state index is -4.05. The van der Waals surface area contributed by atoms with Crippen LogP contribution in [0.1, 0.15) is 46.0 Å². The van der Waals surface area contributed by atoms with Crippen molar-refractivity contribution in [3.8, 4) is 0 Å². The van der Waals surface area contributed by atoms with Crippen LogP contribution in [-0.2, 0) is 16.4 Å². The van der Waals surface area contributed by atoms with Crippen LogP contribution in [-0.4, -0.2) is 36.7 Å². The summed E-state index contributed by atoms with van der Waals surface area (Å²) >= 11 is 0. The van der Waals surface area contributed by atoms with Crippen molar-refractivity contribution < 1.29 is 18.0 Å². The number of benzene rings is 2. The number of anilines is 2. The number of ketones is 1. The number of aromatic nitrogens is 2. The first-order valence-electron chi connectivity index (χ1n) is 10.5. The molecule has 11 heteroatoms. The maximum Gasteiger partial charge on any atom is 0.330 e. The van der Waals surface area contributed by atoms with Crippen molar-refractivity contribution >= 4 is 33.0 Å². The number of rotatable bonds is 5. The van der Waals surface area contributed by atoms with Crippen LogP contribution in [0.15, 0.2) is 61.8 Å². The number of hydrogen-bond acceptors (Lipinski definition) is 7. The van der Waals surface area contributed by atoms with E-state index in [1.54, 1.807) is 6.07 Å². The normalized spacial score (nSPS) is 13.8. The largest absolute Gasteiger partial charge is 0.383 e. The Balaban J connectivity index is 1.79. The molecule has 2 heterocycles. The topological polar surface area (TPSA) is 152 Å². The molecule has 0 saturated heterocycles. The lowest BCUT2D eigenvalue weighted by molar-refractivity contribution is 0.0988. The van der Waals surface area contributed by atoms with Crippen LogP contribution in [0.5, 0.6) is 0 Å². The van der Waals surface area contributed by atoms with Gasteiger partial charge >= 0.3 is 5.69 Å². The molecule has 1 aromatic heterocycles. The van der Waals surface area contributed by atoms with Gasteiger partial charge in [-0.05, 0) is 36.8 Å². The fraction of sp³-hybridized carbons (Fsp3) is 0.217. The van der Waals surface area contributed by atoms with Crippen molar-refractivity contribution in [1.29, 1.82) is 0 Å². The second kappa shape index (κ2) is 8.41. The highest BCUT2D eigenvalue weighted by Crippen LogP contribution is 2.35. The molecular formula is C23H22N4O6S. The van der Waals surface area contributed by atoms with E-state index in [1.807, 2.05) is 6.92 Å². The fourth-order valence-electron chi connectivity index (χ4n) is 3.95. The zero-order valence-corrected chi connectivity index (χ0v) is 19.3. The lowest BCUT2D eigenvalue weighted by atomic mass is 10.0. The number of fused-ring (bicyclic) bond motifs is 2. The van der Waals surface area contributed by atoms with Crippen molar-refractivity contribution in [2.75, 3.05) is 17.7 Å². The Hall–Kier alpha value is -3.99. The quantitative estimate of drug-likeness (QED) is 0.438. The fourth-order valence-corrected chi connectivity index (χ4v) is 5.63. The molecule has 0 saturated carbocycles. The average molecular weight is 483 g/mol. The van der Waals surface area contributed by atoms with Gasteiger partial charge in [-0.15, -0.1) is 0 Å². The van der Waals surface area contributed by atoms with Gasteiger partial charge in [0.25, 0.3) is 11.5 Å². The summed E-state index contributed by atoms with van der Waals surface area (Å²) < 4.78 is 27.5. The maximum absolute atomic E-state index is 13.2. The lowest BCUT2D eigenvalue weighted by Gasteiger charge is -2.22. The number of sulfone groups is 1. The van der Waals surface area contributed by atoms with Gasteiger partial charge in [0.05, 0.1) is 9.79 Å². The number of carbonyl (C=O) groups is 2. The Morgan fingerprint density at radius 1 is 1.06 bits per heavy atom. The number of unbranched alkanes of at least 4 members (excludes halogenated alkanes) is 1. The number of nitrogens with two attached hydrogens (primary N) is 1. The van der Waals surface area contributed by atoms with Crippen LogP contribution in [0.2, 0.25) is 0 Å². The summed E-state index contributed by atoms with van der Waals surface area (Å²) in [6.07, 6.45) is 1.41. The molecule has 0 atom stereocenters.